The van der Waals surface area contributed by atoms with E-state index in [1.807, 2.05) is 0 Å². The summed E-state index contributed by atoms with van der Waals surface area (Å²) in [6.45, 7) is 9.02. The molecule has 3 nitrogen and oxygen atoms in total. The van der Waals surface area contributed by atoms with Gasteiger partial charge >= 0.3 is 0 Å². The minimum atomic E-state index is -0.278. The molecule has 0 aliphatic carbocycles. The summed E-state index contributed by atoms with van der Waals surface area (Å²) in [4.78, 5) is 15.4. The Morgan fingerprint density at radius 1 is 1.17 bits per heavy atom. The number of likely N-dealkylation sites (tertiary alicyclic amines) is 1. The third-order valence-electron chi connectivity index (χ3n) is 6.31. The molecule has 0 N–H and O–H groups in total. The van der Waals surface area contributed by atoms with Gasteiger partial charge in [0, 0.05) is 31.2 Å². The van der Waals surface area contributed by atoms with Crippen LogP contribution in [-0.4, -0.2) is 36.6 Å². The molecule has 2 unspecified atom stereocenters. The topological polar surface area (TPSA) is 29.5 Å². The largest absolute Gasteiger partial charge is 0.381 e. The lowest BCUT2D eigenvalue weighted by atomic mass is 9.73. The van der Waals surface area contributed by atoms with Crippen molar-refractivity contribution in [2.45, 2.75) is 52.5 Å². The van der Waals surface area contributed by atoms with Gasteiger partial charge in [0.25, 0.3) is 0 Å². The molecule has 24 heavy (non-hydrogen) atoms. The minimum Gasteiger partial charge on any atom is -0.381 e. The monoisotopic (exact) mass is 329 g/mol. The lowest BCUT2D eigenvalue weighted by molar-refractivity contribution is -0.146. The molecule has 2 aliphatic rings. The van der Waals surface area contributed by atoms with E-state index < -0.39 is 0 Å². The van der Waals surface area contributed by atoms with Crippen LogP contribution in [0.3, 0.4) is 0 Å². The van der Waals surface area contributed by atoms with E-state index in [1.165, 1.54) is 5.56 Å². The van der Waals surface area contributed by atoms with Crippen molar-refractivity contribution in [3.63, 3.8) is 0 Å². The van der Waals surface area contributed by atoms with Crippen molar-refractivity contribution < 1.29 is 9.53 Å². The smallest absolute Gasteiger partial charge is 0.228 e. The third-order valence-corrected chi connectivity index (χ3v) is 6.31. The molecule has 0 aromatic heterocycles. The quantitative estimate of drug-likeness (QED) is 0.838. The van der Waals surface area contributed by atoms with E-state index in [9.17, 15) is 4.79 Å². The third kappa shape index (κ3) is 3.51. The van der Waals surface area contributed by atoms with Gasteiger partial charge in [-0.05, 0) is 50.0 Å². The van der Waals surface area contributed by atoms with Gasteiger partial charge in [0.15, 0.2) is 0 Å². The molecule has 1 aromatic rings. The predicted octanol–water partition coefficient (Wildman–Crippen LogP) is 3.92. The number of carbonyl (C=O) groups is 1. The number of hydrogen-bond donors (Lipinski definition) is 0. The van der Waals surface area contributed by atoms with Gasteiger partial charge in [0.2, 0.25) is 5.91 Å². The van der Waals surface area contributed by atoms with E-state index in [0.717, 1.165) is 45.4 Å². The van der Waals surface area contributed by atoms with Crippen molar-refractivity contribution in [1.29, 1.82) is 0 Å². The first-order chi connectivity index (χ1) is 11.5. The Bertz CT molecular complexity index is 548. The zero-order valence-electron chi connectivity index (χ0n) is 15.3. The van der Waals surface area contributed by atoms with Crippen molar-refractivity contribution in [3.05, 3.63) is 35.9 Å². The average Bonchev–Trinajstić information content (AvgIpc) is 2.96. The Morgan fingerprint density at radius 3 is 2.50 bits per heavy atom. The molecule has 0 spiro atoms. The molecule has 132 valence electrons. The van der Waals surface area contributed by atoms with E-state index in [2.05, 4.69) is 56.0 Å². The number of carbonyl (C=O) groups excluding carboxylic acids is 1. The molecule has 0 bridgehead atoms. The van der Waals surface area contributed by atoms with Crippen LogP contribution < -0.4 is 0 Å². The van der Waals surface area contributed by atoms with Gasteiger partial charge in [0.1, 0.15) is 0 Å². The molecule has 2 heterocycles. The first-order valence-electron chi connectivity index (χ1n) is 9.43. The van der Waals surface area contributed by atoms with Crippen LogP contribution in [0, 0.1) is 17.3 Å². The lowest BCUT2D eigenvalue weighted by Crippen LogP contribution is -2.48. The fourth-order valence-electron chi connectivity index (χ4n) is 4.44. The van der Waals surface area contributed by atoms with Gasteiger partial charge in [-0.3, -0.25) is 4.79 Å². The minimum absolute atomic E-state index is 0.278. The van der Waals surface area contributed by atoms with Crippen LogP contribution in [0.5, 0.6) is 0 Å². The summed E-state index contributed by atoms with van der Waals surface area (Å²) in [5, 5.41) is 0. The van der Waals surface area contributed by atoms with Crippen molar-refractivity contribution in [3.8, 4) is 0 Å². The molecule has 2 aliphatic heterocycles. The Kier molecular flexibility index (Phi) is 5.29. The first-order valence-corrected chi connectivity index (χ1v) is 9.43. The van der Waals surface area contributed by atoms with Gasteiger partial charge in [-0.25, -0.2) is 0 Å². The molecule has 2 saturated heterocycles. The fraction of sp³-hybridized carbons (Fsp3) is 0.667. The van der Waals surface area contributed by atoms with Crippen LogP contribution in [0.4, 0.5) is 0 Å². The molecular formula is C21H31NO2. The molecule has 0 radical (unpaired) electrons. The van der Waals surface area contributed by atoms with Crippen LogP contribution in [0.15, 0.2) is 30.3 Å². The van der Waals surface area contributed by atoms with E-state index in [0.29, 0.717) is 23.8 Å². The van der Waals surface area contributed by atoms with Gasteiger partial charge < -0.3 is 9.64 Å². The average molecular weight is 329 g/mol. The van der Waals surface area contributed by atoms with Crippen molar-refractivity contribution in [2.24, 2.45) is 17.3 Å². The van der Waals surface area contributed by atoms with Gasteiger partial charge in [-0.15, -0.1) is 0 Å². The summed E-state index contributed by atoms with van der Waals surface area (Å²) < 4.78 is 5.48. The fourth-order valence-corrected chi connectivity index (χ4v) is 4.44. The maximum Gasteiger partial charge on any atom is 0.228 e. The molecule has 1 aromatic carbocycles. The Hall–Kier alpha value is -1.35. The van der Waals surface area contributed by atoms with Gasteiger partial charge in [-0.1, -0.05) is 44.2 Å². The SMILES string of the molecule is CC1C(Cc2ccccc2)CCN1C(=O)C(C)(C)C1CCOCC1. The van der Waals surface area contributed by atoms with Crippen LogP contribution in [0.25, 0.3) is 0 Å². The molecular weight excluding hydrogens is 298 g/mol. The maximum absolute atomic E-state index is 13.3. The number of nitrogens with zero attached hydrogens (tertiary/aromatic N) is 1. The molecule has 0 saturated carbocycles. The number of rotatable bonds is 4. The highest BCUT2D eigenvalue weighted by atomic mass is 16.5. The van der Waals surface area contributed by atoms with Crippen LogP contribution in [0.2, 0.25) is 0 Å². The standard InChI is InChI=1S/C21H31NO2/c1-16-18(15-17-7-5-4-6-8-17)9-12-22(16)20(23)21(2,3)19-10-13-24-14-11-19/h4-8,16,18-19H,9-15H2,1-3H3. The van der Waals surface area contributed by atoms with E-state index in [1.54, 1.807) is 0 Å². The molecule has 1 amide bonds. The second-order valence-electron chi connectivity index (χ2n) is 8.09. The Morgan fingerprint density at radius 2 is 1.83 bits per heavy atom. The maximum atomic E-state index is 13.3. The Balaban J connectivity index is 1.65. The van der Waals surface area contributed by atoms with E-state index in [4.69, 9.17) is 4.74 Å². The number of ether oxygens (including phenoxy) is 1. The van der Waals surface area contributed by atoms with Crippen LogP contribution in [0.1, 0.15) is 45.6 Å². The number of amides is 1. The molecule has 3 heteroatoms. The predicted molar refractivity (Wildman–Crippen MR) is 96.8 cm³/mol. The highest BCUT2D eigenvalue weighted by molar-refractivity contribution is 5.83. The summed E-state index contributed by atoms with van der Waals surface area (Å²) in [6, 6.07) is 11.0. The second kappa shape index (κ2) is 7.26. The van der Waals surface area contributed by atoms with Crippen molar-refractivity contribution >= 4 is 5.91 Å². The Labute approximate surface area is 146 Å². The lowest BCUT2D eigenvalue weighted by Gasteiger charge is -2.39. The second-order valence-corrected chi connectivity index (χ2v) is 8.09. The molecule has 2 fully saturated rings. The van der Waals surface area contributed by atoms with Crippen LogP contribution in [-0.2, 0) is 16.0 Å². The van der Waals surface area contributed by atoms with E-state index >= 15 is 0 Å². The summed E-state index contributed by atoms with van der Waals surface area (Å²) in [6.07, 6.45) is 4.21. The van der Waals surface area contributed by atoms with Gasteiger partial charge in [-0.2, -0.15) is 0 Å². The number of hydrogen-bond acceptors (Lipinski definition) is 2. The number of benzene rings is 1. The molecule has 2 atom stereocenters. The first kappa shape index (κ1) is 17.5. The van der Waals surface area contributed by atoms with Crippen molar-refractivity contribution in [1.82, 2.24) is 4.90 Å². The summed E-state index contributed by atoms with van der Waals surface area (Å²) in [5.41, 5.74) is 1.10. The normalized spacial score (nSPS) is 25.9. The summed E-state index contributed by atoms with van der Waals surface area (Å²) in [5.74, 6) is 1.36. The summed E-state index contributed by atoms with van der Waals surface area (Å²) >= 11 is 0. The highest BCUT2D eigenvalue weighted by Crippen LogP contribution is 2.39. The van der Waals surface area contributed by atoms with Crippen LogP contribution >= 0.6 is 0 Å². The van der Waals surface area contributed by atoms with E-state index in [-0.39, 0.29) is 5.41 Å². The van der Waals surface area contributed by atoms with Crippen molar-refractivity contribution in [2.75, 3.05) is 19.8 Å². The van der Waals surface area contributed by atoms with Gasteiger partial charge in [0.05, 0.1) is 0 Å². The zero-order chi connectivity index (χ0) is 17.2. The molecule has 3 rings (SSSR count). The zero-order valence-corrected chi connectivity index (χ0v) is 15.3. The highest BCUT2D eigenvalue weighted by Gasteiger charge is 2.44. The summed E-state index contributed by atoms with van der Waals surface area (Å²) in [7, 11) is 0.